The molecule has 1 fully saturated rings. The van der Waals surface area contributed by atoms with Crippen molar-refractivity contribution in [2.45, 2.75) is 29.8 Å². The Morgan fingerprint density at radius 2 is 1.72 bits per heavy atom. The predicted molar refractivity (Wildman–Crippen MR) is 133 cm³/mol. The Kier molecular flexibility index (Phi) is 6.16. The van der Waals surface area contributed by atoms with Gasteiger partial charge in [-0.2, -0.15) is 4.98 Å². The van der Waals surface area contributed by atoms with E-state index in [1.165, 1.54) is 14.2 Å². The first-order valence-corrected chi connectivity index (χ1v) is 11.9. The van der Waals surface area contributed by atoms with Crippen LogP contribution in [0.5, 0.6) is 17.5 Å². The van der Waals surface area contributed by atoms with Crippen LogP contribution in [-0.2, 0) is 17.8 Å². The van der Waals surface area contributed by atoms with Crippen molar-refractivity contribution >= 4 is 0 Å². The number of nitrogens with zero attached hydrogens (tertiary/aromatic N) is 2. The molecule has 8 heteroatoms. The van der Waals surface area contributed by atoms with E-state index in [2.05, 4.69) is 4.98 Å². The molecule has 5 atom stereocenters. The summed E-state index contributed by atoms with van der Waals surface area (Å²) in [4.78, 5) is 6.42. The number of hydrogen-bond donors (Lipinski definition) is 3. The van der Waals surface area contributed by atoms with Crippen LogP contribution in [-0.4, -0.2) is 66.2 Å². The number of aliphatic hydroxyl groups excluding tert-OH is 2. The van der Waals surface area contributed by atoms with Gasteiger partial charge in [0.05, 0.1) is 32.5 Å². The van der Waals surface area contributed by atoms with Gasteiger partial charge < -0.3 is 34.4 Å². The Morgan fingerprint density at radius 1 is 1.03 bits per heavy atom. The molecule has 36 heavy (non-hydrogen) atoms. The van der Waals surface area contributed by atoms with Crippen LogP contribution in [0.4, 0.5) is 0 Å². The quantitative estimate of drug-likeness (QED) is 0.462. The molecule has 3 aromatic rings. The molecular formula is C28H32N2O6. The number of ether oxygens (including phenoxy) is 3. The van der Waals surface area contributed by atoms with Crippen LogP contribution < -0.4 is 14.2 Å². The highest BCUT2D eigenvalue weighted by atomic mass is 16.5. The molecule has 0 bridgehead atoms. The van der Waals surface area contributed by atoms with Gasteiger partial charge in [0.1, 0.15) is 5.75 Å². The third-order valence-corrected chi connectivity index (χ3v) is 7.55. The number of aromatic nitrogens is 1. The number of methoxy groups -OCH3 is 2. The molecule has 1 saturated carbocycles. The van der Waals surface area contributed by atoms with Crippen molar-refractivity contribution in [2.75, 3.05) is 34.9 Å². The number of aliphatic hydroxyl groups is 3. The average molecular weight is 493 g/mol. The fraction of sp³-hybridized carbons (Fsp3) is 0.393. The summed E-state index contributed by atoms with van der Waals surface area (Å²) in [6.07, 6.45) is -1.21. The van der Waals surface area contributed by atoms with Crippen molar-refractivity contribution in [1.82, 2.24) is 9.88 Å². The lowest BCUT2D eigenvalue weighted by molar-refractivity contribution is -0.152. The zero-order valence-corrected chi connectivity index (χ0v) is 20.9. The SMILES string of the molecule is COc1cc2c(c(OC)n1)[C@]1(O)[C@H](O)[C@H](CN(C)C)[C@@H](c3ccccc3)[C@]1(c1ccc(CO)cc1)O2. The van der Waals surface area contributed by atoms with Gasteiger partial charge in [-0.25, -0.2) is 0 Å². The van der Waals surface area contributed by atoms with E-state index in [9.17, 15) is 15.3 Å². The van der Waals surface area contributed by atoms with Gasteiger partial charge in [-0.15, -0.1) is 0 Å². The molecule has 2 aromatic carbocycles. The number of fused-ring (bicyclic) bond motifs is 3. The van der Waals surface area contributed by atoms with Gasteiger partial charge in [-0.1, -0.05) is 54.6 Å². The maximum atomic E-state index is 12.8. The number of pyridine rings is 1. The second-order valence-electron chi connectivity index (χ2n) is 9.77. The Balaban J connectivity index is 1.85. The van der Waals surface area contributed by atoms with E-state index in [1.54, 1.807) is 18.2 Å². The van der Waals surface area contributed by atoms with Crippen LogP contribution in [0, 0.1) is 5.92 Å². The van der Waals surface area contributed by atoms with Crippen LogP contribution in [0.3, 0.4) is 0 Å². The molecule has 0 unspecified atom stereocenters. The Bertz CT molecular complexity index is 1230. The van der Waals surface area contributed by atoms with Crippen LogP contribution in [0.1, 0.15) is 28.2 Å². The summed E-state index contributed by atoms with van der Waals surface area (Å²) in [5, 5.41) is 34.4. The lowest BCUT2D eigenvalue weighted by Gasteiger charge is -2.41. The van der Waals surface area contributed by atoms with Crippen molar-refractivity contribution in [3.05, 3.63) is 82.9 Å². The molecule has 0 amide bonds. The standard InChI is InChI=1S/C28H32N2O6/c1-30(2)15-20-23(18-8-6-5-7-9-18)28(19-12-10-17(16-31)11-13-19)27(33,25(20)32)24-21(36-28)14-22(34-3)29-26(24)35-4/h5-14,20,23,25,31-33H,15-16H2,1-4H3/t20-,23-,25-,27+,28+/m1/s1. The largest absolute Gasteiger partial charge is 0.481 e. The predicted octanol–water partition coefficient (Wildman–Crippen LogP) is 2.40. The lowest BCUT2D eigenvalue weighted by atomic mass is 9.70. The Morgan fingerprint density at radius 3 is 2.31 bits per heavy atom. The van der Waals surface area contributed by atoms with Crippen LogP contribution >= 0.6 is 0 Å². The van der Waals surface area contributed by atoms with E-state index in [4.69, 9.17) is 14.2 Å². The zero-order chi connectivity index (χ0) is 25.7. The van der Waals surface area contributed by atoms with E-state index < -0.39 is 29.1 Å². The van der Waals surface area contributed by atoms with Gasteiger partial charge in [0.2, 0.25) is 11.8 Å². The molecule has 2 heterocycles. The van der Waals surface area contributed by atoms with Crippen LogP contribution in [0.2, 0.25) is 0 Å². The molecule has 1 aromatic heterocycles. The van der Waals surface area contributed by atoms with Crippen molar-refractivity contribution < 1.29 is 29.5 Å². The summed E-state index contributed by atoms with van der Waals surface area (Å²) >= 11 is 0. The van der Waals surface area contributed by atoms with E-state index in [-0.39, 0.29) is 18.4 Å². The molecule has 3 N–H and O–H groups in total. The molecular weight excluding hydrogens is 460 g/mol. The third kappa shape index (κ3) is 3.33. The first-order valence-electron chi connectivity index (χ1n) is 11.9. The van der Waals surface area contributed by atoms with E-state index in [1.807, 2.05) is 61.5 Å². The Hall–Kier alpha value is -3.17. The minimum Gasteiger partial charge on any atom is -0.481 e. The summed E-state index contributed by atoms with van der Waals surface area (Å²) in [6.45, 7) is 0.395. The smallest absolute Gasteiger partial charge is 0.226 e. The summed E-state index contributed by atoms with van der Waals surface area (Å²) in [5.74, 6) is -0.0858. The van der Waals surface area contributed by atoms with Gasteiger partial charge in [-0.3, -0.25) is 0 Å². The average Bonchev–Trinajstić information content (AvgIpc) is 3.26. The number of benzene rings is 2. The Labute approximate surface area is 210 Å². The molecule has 1 aliphatic heterocycles. The summed E-state index contributed by atoms with van der Waals surface area (Å²) in [7, 11) is 6.85. The molecule has 8 nitrogen and oxygen atoms in total. The highest BCUT2D eigenvalue weighted by Crippen LogP contribution is 2.69. The van der Waals surface area contributed by atoms with Crippen molar-refractivity contribution in [3.63, 3.8) is 0 Å². The monoisotopic (exact) mass is 492 g/mol. The number of hydrogen-bond acceptors (Lipinski definition) is 8. The normalized spacial score (nSPS) is 28.5. The first-order chi connectivity index (χ1) is 17.3. The van der Waals surface area contributed by atoms with Crippen molar-refractivity contribution in [1.29, 1.82) is 0 Å². The van der Waals surface area contributed by atoms with E-state index in [0.717, 1.165) is 11.1 Å². The van der Waals surface area contributed by atoms with Gasteiger partial charge >= 0.3 is 0 Å². The van der Waals surface area contributed by atoms with Gasteiger partial charge in [-0.05, 0) is 30.8 Å². The fourth-order valence-electron chi connectivity index (χ4n) is 6.15. The molecule has 190 valence electrons. The maximum absolute atomic E-state index is 12.8. The topological polar surface area (TPSA) is 105 Å². The van der Waals surface area contributed by atoms with Gasteiger partial charge in [0.15, 0.2) is 11.2 Å². The first kappa shape index (κ1) is 24.5. The minimum absolute atomic E-state index is 0.110. The maximum Gasteiger partial charge on any atom is 0.226 e. The molecule has 1 aliphatic carbocycles. The third-order valence-electron chi connectivity index (χ3n) is 7.55. The second-order valence-corrected chi connectivity index (χ2v) is 9.77. The van der Waals surface area contributed by atoms with Crippen LogP contribution in [0.25, 0.3) is 0 Å². The van der Waals surface area contributed by atoms with Gasteiger partial charge in [0.25, 0.3) is 0 Å². The molecule has 0 saturated heterocycles. The fourth-order valence-corrected chi connectivity index (χ4v) is 6.15. The van der Waals surface area contributed by atoms with Crippen molar-refractivity contribution in [3.8, 4) is 17.5 Å². The highest BCUT2D eigenvalue weighted by molar-refractivity contribution is 5.60. The molecule has 5 rings (SSSR count). The number of rotatable bonds is 7. The summed E-state index contributed by atoms with van der Waals surface area (Å²) < 4.78 is 17.8. The lowest BCUT2D eigenvalue weighted by Crippen LogP contribution is -2.52. The second kappa shape index (κ2) is 9.05. The highest BCUT2D eigenvalue weighted by Gasteiger charge is 2.77. The summed E-state index contributed by atoms with van der Waals surface area (Å²) in [6, 6.07) is 18.8. The van der Waals surface area contributed by atoms with E-state index in [0.29, 0.717) is 23.4 Å². The summed E-state index contributed by atoms with van der Waals surface area (Å²) in [5.41, 5.74) is -0.673. The minimum atomic E-state index is -1.89. The molecule has 2 aliphatic rings. The molecule has 0 radical (unpaired) electrons. The zero-order valence-electron chi connectivity index (χ0n) is 20.9. The molecule has 0 spiro atoms. The van der Waals surface area contributed by atoms with Crippen LogP contribution in [0.15, 0.2) is 60.7 Å². The van der Waals surface area contributed by atoms with E-state index >= 15 is 0 Å². The van der Waals surface area contributed by atoms with Crippen molar-refractivity contribution in [2.24, 2.45) is 5.92 Å². The van der Waals surface area contributed by atoms with Gasteiger partial charge in [0, 0.05) is 24.4 Å².